The van der Waals surface area contributed by atoms with Gasteiger partial charge in [0.1, 0.15) is 5.82 Å². The fourth-order valence-electron chi connectivity index (χ4n) is 3.03. The molecule has 0 radical (unpaired) electrons. The molecule has 1 fully saturated rings. The number of halogens is 1. The van der Waals surface area contributed by atoms with E-state index >= 15 is 0 Å². The quantitative estimate of drug-likeness (QED) is 0.858. The molecule has 0 aromatic heterocycles. The van der Waals surface area contributed by atoms with Crippen LogP contribution in [0.25, 0.3) is 0 Å². The van der Waals surface area contributed by atoms with Crippen LogP contribution in [0.5, 0.6) is 0 Å². The lowest BCUT2D eigenvalue weighted by molar-refractivity contribution is 0.189. The van der Waals surface area contributed by atoms with Crippen LogP contribution in [0.15, 0.2) is 54.6 Å². The summed E-state index contributed by atoms with van der Waals surface area (Å²) in [5.74, 6) is -0.193. The predicted molar refractivity (Wildman–Crippen MR) is 93.0 cm³/mol. The third-order valence-corrected chi connectivity index (χ3v) is 4.25. The Morgan fingerprint density at radius 3 is 2.65 bits per heavy atom. The van der Waals surface area contributed by atoms with Gasteiger partial charge in [0, 0.05) is 44.5 Å². The molecule has 2 aromatic rings. The summed E-state index contributed by atoms with van der Waals surface area (Å²) in [6.07, 6.45) is 1.06. The first-order valence-electron chi connectivity index (χ1n) is 8.29. The first-order chi connectivity index (χ1) is 11.3. The van der Waals surface area contributed by atoms with Gasteiger partial charge < -0.3 is 10.6 Å². The number of anilines is 1. The van der Waals surface area contributed by atoms with Crippen molar-refractivity contribution in [3.05, 3.63) is 66.0 Å². The van der Waals surface area contributed by atoms with E-state index in [1.165, 1.54) is 17.7 Å². The summed E-state index contributed by atoms with van der Waals surface area (Å²) in [6.45, 7) is 5.11. The zero-order valence-electron chi connectivity index (χ0n) is 13.3. The normalized spacial score (nSPS) is 18.7. The Morgan fingerprint density at radius 1 is 1.09 bits per heavy atom. The Kier molecular flexibility index (Phi) is 5.61. The molecule has 1 unspecified atom stereocenters. The highest BCUT2D eigenvalue weighted by atomic mass is 19.1. The lowest BCUT2D eigenvalue weighted by atomic mass is 10.1. The van der Waals surface area contributed by atoms with Crippen molar-refractivity contribution in [2.45, 2.75) is 19.0 Å². The summed E-state index contributed by atoms with van der Waals surface area (Å²) in [5.41, 5.74) is 2.35. The Balaban J connectivity index is 1.42. The third-order valence-electron chi connectivity index (χ3n) is 4.25. The third kappa shape index (κ3) is 5.05. The van der Waals surface area contributed by atoms with Gasteiger partial charge in [0.25, 0.3) is 0 Å². The maximum atomic E-state index is 12.9. The second kappa shape index (κ2) is 8.09. The zero-order valence-corrected chi connectivity index (χ0v) is 13.3. The van der Waals surface area contributed by atoms with E-state index in [-0.39, 0.29) is 5.82 Å². The monoisotopic (exact) mass is 313 g/mol. The highest BCUT2D eigenvalue weighted by molar-refractivity contribution is 5.42. The fourth-order valence-corrected chi connectivity index (χ4v) is 3.03. The smallest absolute Gasteiger partial charge is 0.123 e. The standard InChI is InChI=1S/C19H24FN3/c20-17-6-8-18(9-7-17)21-11-10-19-15-23(13-12-22-19)14-16-4-2-1-3-5-16/h1-9,19,21-22H,10-15H2. The van der Waals surface area contributed by atoms with E-state index in [1.54, 1.807) is 12.1 Å². The van der Waals surface area contributed by atoms with E-state index < -0.39 is 0 Å². The molecule has 1 atom stereocenters. The van der Waals surface area contributed by atoms with Crippen LogP contribution in [0, 0.1) is 5.82 Å². The summed E-state index contributed by atoms with van der Waals surface area (Å²) in [5, 5.41) is 6.95. The van der Waals surface area contributed by atoms with E-state index in [1.807, 2.05) is 0 Å². The molecule has 1 aliphatic rings. The molecule has 23 heavy (non-hydrogen) atoms. The maximum absolute atomic E-state index is 12.9. The highest BCUT2D eigenvalue weighted by Crippen LogP contribution is 2.11. The summed E-state index contributed by atoms with van der Waals surface area (Å²) >= 11 is 0. The topological polar surface area (TPSA) is 27.3 Å². The van der Waals surface area contributed by atoms with Crippen molar-refractivity contribution in [3.63, 3.8) is 0 Å². The second-order valence-corrected chi connectivity index (χ2v) is 6.09. The van der Waals surface area contributed by atoms with Gasteiger partial charge in [-0.25, -0.2) is 4.39 Å². The largest absolute Gasteiger partial charge is 0.385 e. The molecule has 2 aromatic carbocycles. The molecule has 2 N–H and O–H groups in total. The SMILES string of the molecule is Fc1ccc(NCCC2CN(Cc3ccccc3)CCN2)cc1. The average molecular weight is 313 g/mol. The van der Waals surface area contributed by atoms with Gasteiger partial charge in [0.2, 0.25) is 0 Å². The molecule has 3 rings (SSSR count). The lowest BCUT2D eigenvalue weighted by Gasteiger charge is -2.34. The molecule has 0 saturated carbocycles. The Bertz CT molecular complexity index is 585. The van der Waals surface area contributed by atoms with Gasteiger partial charge in [-0.15, -0.1) is 0 Å². The Hall–Kier alpha value is -1.91. The van der Waals surface area contributed by atoms with Crippen LogP contribution in [-0.4, -0.2) is 37.1 Å². The number of hydrogen-bond donors (Lipinski definition) is 2. The van der Waals surface area contributed by atoms with Crippen LogP contribution in [0.1, 0.15) is 12.0 Å². The summed E-state index contributed by atoms with van der Waals surface area (Å²) in [7, 11) is 0. The van der Waals surface area contributed by atoms with E-state index in [0.717, 1.165) is 44.8 Å². The minimum atomic E-state index is -0.193. The highest BCUT2D eigenvalue weighted by Gasteiger charge is 2.18. The minimum Gasteiger partial charge on any atom is -0.385 e. The molecular weight excluding hydrogens is 289 g/mol. The molecule has 1 saturated heterocycles. The van der Waals surface area contributed by atoms with Crippen LogP contribution in [0.4, 0.5) is 10.1 Å². The molecule has 1 heterocycles. The van der Waals surface area contributed by atoms with E-state index in [0.29, 0.717) is 6.04 Å². The molecule has 3 nitrogen and oxygen atoms in total. The number of rotatable bonds is 6. The van der Waals surface area contributed by atoms with Crippen LogP contribution in [0.3, 0.4) is 0 Å². The lowest BCUT2D eigenvalue weighted by Crippen LogP contribution is -2.50. The number of nitrogens with zero attached hydrogens (tertiary/aromatic N) is 1. The summed E-state index contributed by atoms with van der Waals surface area (Å²) in [6, 6.07) is 17.7. The van der Waals surface area contributed by atoms with Gasteiger partial charge in [-0.05, 0) is 36.2 Å². The number of benzene rings is 2. The molecular formula is C19H24FN3. The van der Waals surface area contributed by atoms with Crippen LogP contribution >= 0.6 is 0 Å². The molecule has 122 valence electrons. The van der Waals surface area contributed by atoms with E-state index in [4.69, 9.17) is 0 Å². The first-order valence-corrected chi connectivity index (χ1v) is 8.29. The van der Waals surface area contributed by atoms with Crippen LogP contribution in [-0.2, 0) is 6.54 Å². The molecule has 0 amide bonds. The summed E-state index contributed by atoms with van der Waals surface area (Å²) in [4.78, 5) is 2.51. The first kappa shape index (κ1) is 16.0. The van der Waals surface area contributed by atoms with Gasteiger partial charge in [-0.1, -0.05) is 30.3 Å². The molecule has 4 heteroatoms. The van der Waals surface area contributed by atoms with Gasteiger partial charge in [-0.3, -0.25) is 4.90 Å². The minimum absolute atomic E-state index is 0.193. The molecule has 0 bridgehead atoms. The maximum Gasteiger partial charge on any atom is 0.123 e. The van der Waals surface area contributed by atoms with Crippen molar-refractivity contribution in [3.8, 4) is 0 Å². The predicted octanol–water partition coefficient (Wildman–Crippen LogP) is 3.10. The van der Waals surface area contributed by atoms with Gasteiger partial charge >= 0.3 is 0 Å². The molecule has 0 aliphatic carbocycles. The van der Waals surface area contributed by atoms with Crippen molar-refractivity contribution in [2.75, 3.05) is 31.5 Å². The number of hydrogen-bond acceptors (Lipinski definition) is 3. The number of piperazine rings is 1. The molecule has 0 spiro atoms. The van der Waals surface area contributed by atoms with Crippen molar-refractivity contribution < 1.29 is 4.39 Å². The van der Waals surface area contributed by atoms with Crippen molar-refractivity contribution in [1.29, 1.82) is 0 Å². The van der Waals surface area contributed by atoms with Crippen molar-refractivity contribution in [2.24, 2.45) is 0 Å². The van der Waals surface area contributed by atoms with Gasteiger partial charge in [0.05, 0.1) is 0 Å². The Morgan fingerprint density at radius 2 is 1.87 bits per heavy atom. The molecule has 1 aliphatic heterocycles. The fraction of sp³-hybridized carbons (Fsp3) is 0.368. The summed E-state index contributed by atoms with van der Waals surface area (Å²) < 4.78 is 12.9. The van der Waals surface area contributed by atoms with Crippen LogP contribution in [0.2, 0.25) is 0 Å². The van der Waals surface area contributed by atoms with E-state index in [9.17, 15) is 4.39 Å². The zero-order chi connectivity index (χ0) is 15.9. The Labute approximate surface area is 137 Å². The van der Waals surface area contributed by atoms with Crippen molar-refractivity contribution in [1.82, 2.24) is 10.2 Å². The second-order valence-electron chi connectivity index (χ2n) is 6.09. The van der Waals surface area contributed by atoms with Gasteiger partial charge in [-0.2, -0.15) is 0 Å². The van der Waals surface area contributed by atoms with Crippen LogP contribution < -0.4 is 10.6 Å². The van der Waals surface area contributed by atoms with Gasteiger partial charge in [0.15, 0.2) is 0 Å². The number of nitrogens with one attached hydrogen (secondary N) is 2. The van der Waals surface area contributed by atoms with Crippen molar-refractivity contribution >= 4 is 5.69 Å². The average Bonchev–Trinajstić information content (AvgIpc) is 2.58. The van der Waals surface area contributed by atoms with E-state index in [2.05, 4.69) is 45.9 Å².